The molecule has 0 aliphatic heterocycles. The quantitative estimate of drug-likeness (QED) is 0.740. The predicted molar refractivity (Wildman–Crippen MR) is 97.5 cm³/mol. The maximum absolute atomic E-state index is 12.3. The molecule has 0 atom stereocenters. The highest BCUT2D eigenvalue weighted by Gasteiger charge is 2.10. The number of rotatable bonds is 7. The van der Waals surface area contributed by atoms with Gasteiger partial charge in [0.15, 0.2) is 0 Å². The first kappa shape index (κ1) is 17.9. The molecular weight excluding hydrogens is 370 g/mol. The van der Waals surface area contributed by atoms with Gasteiger partial charge in [0.1, 0.15) is 18.1 Å². The lowest BCUT2D eigenvalue weighted by Gasteiger charge is -2.09. The van der Waals surface area contributed by atoms with Crippen molar-refractivity contribution >= 4 is 21.8 Å². The van der Waals surface area contributed by atoms with E-state index in [0.29, 0.717) is 17.9 Å². The number of carbonyl (C=O) groups excluding carboxylic acids is 1. The smallest absolute Gasteiger partial charge is 0.252 e. The molecule has 0 heterocycles. The van der Waals surface area contributed by atoms with Crippen LogP contribution in [-0.4, -0.2) is 26.2 Å². The zero-order valence-electron chi connectivity index (χ0n) is 13.3. The molecule has 2 rings (SSSR count). The van der Waals surface area contributed by atoms with Gasteiger partial charge in [-0.25, -0.2) is 0 Å². The van der Waals surface area contributed by atoms with E-state index in [4.69, 9.17) is 15.9 Å². The van der Waals surface area contributed by atoms with E-state index in [1.165, 1.54) is 0 Å². The standard InChI is InChI=1S/C19H18BrNO3/c1-3-12-24-15-6-4-14(5-7-15)10-11-21-19(22)17-13-16(23-2)8-9-18(17)20/h1,4-9,13H,10-12H2,2H3,(H,21,22). The number of hydrogen-bond donors (Lipinski definition) is 1. The minimum absolute atomic E-state index is 0.144. The lowest BCUT2D eigenvalue weighted by Crippen LogP contribution is -2.26. The number of hydrogen-bond acceptors (Lipinski definition) is 3. The second-order valence-electron chi connectivity index (χ2n) is 4.99. The van der Waals surface area contributed by atoms with E-state index in [9.17, 15) is 4.79 Å². The molecule has 2 aromatic carbocycles. The van der Waals surface area contributed by atoms with Crippen LogP contribution < -0.4 is 14.8 Å². The minimum atomic E-state index is -0.144. The number of ether oxygens (including phenoxy) is 2. The van der Waals surface area contributed by atoms with Crippen molar-refractivity contribution in [2.45, 2.75) is 6.42 Å². The fourth-order valence-corrected chi connectivity index (χ4v) is 2.52. The van der Waals surface area contributed by atoms with E-state index in [0.717, 1.165) is 22.2 Å². The molecule has 0 spiro atoms. The summed E-state index contributed by atoms with van der Waals surface area (Å²) in [6, 6.07) is 12.9. The van der Waals surface area contributed by atoms with E-state index < -0.39 is 0 Å². The molecule has 0 unspecified atom stereocenters. The van der Waals surface area contributed by atoms with Gasteiger partial charge in [-0.15, -0.1) is 6.42 Å². The third-order valence-electron chi connectivity index (χ3n) is 3.36. The molecule has 0 aromatic heterocycles. The lowest BCUT2D eigenvalue weighted by molar-refractivity contribution is 0.0953. The van der Waals surface area contributed by atoms with Crippen molar-refractivity contribution in [3.05, 3.63) is 58.1 Å². The molecule has 0 aliphatic carbocycles. The summed E-state index contributed by atoms with van der Waals surface area (Å²) in [5.74, 6) is 3.66. The number of methoxy groups -OCH3 is 1. The Morgan fingerprint density at radius 2 is 1.92 bits per heavy atom. The van der Waals surface area contributed by atoms with Crippen LogP contribution in [0.4, 0.5) is 0 Å². The Bertz CT molecular complexity index is 735. The van der Waals surface area contributed by atoms with Crippen molar-refractivity contribution in [3.8, 4) is 23.8 Å². The molecule has 0 saturated heterocycles. The number of carbonyl (C=O) groups is 1. The minimum Gasteiger partial charge on any atom is -0.497 e. The second kappa shape index (κ2) is 8.99. The Hall–Kier alpha value is -2.45. The van der Waals surface area contributed by atoms with E-state index in [-0.39, 0.29) is 12.5 Å². The summed E-state index contributed by atoms with van der Waals surface area (Å²) < 4.78 is 11.2. The average molecular weight is 388 g/mol. The first-order chi connectivity index (χ1) is 11.6. The largest absolute Gasteiger partial charge is 0.497 e. The zero-order valence-corrected chi connectivity index (χ0v) is 14.9. The van der Waals surface area contributed by atoms with Gasteiger partial charge in [-0.05, 0) is 58.2 Å². The normalized spacial score (nSPS) is 9.88. The molecule has 0 fully saturated rings. The molecule has 0 bridgehead atoms. The Balaban J connectivity index is 1.87. The molecule has 24 heavy (non-hydrogen) atoms. The van der Waals surface area contributed by atoms with Crippen LogP contribution in [0.25, 0.3) is 0 Å². The third kappa shape index (κ3) is 5.04. The maximum atomic E-state index is 12.3. The Kier molecular flexibility index (Phi) is 6.71. The van der Waals surface area contributed by atoms with Crippen LogP contribution in [0.5, 0.6) is 11.5 Å². The number of halogens is 1. The van der Waals surface area contributed by atoms with Crippen molar-refractivity contribution in [2.24, 2.45) is 0 Å². The van der Waals surface area contributed by atoms with Gasteiger partial charge < -0.3 is 14.8 Å². The molecule has 1 N–H and O–H groups in total. The van der Waals surface area contributed by atoms with Crippen molar-refractivity contribution in [1.82, 2.24) is 5.32 Å². The summed E-state index contributed by atoms with van der Waals surface area (Å²) in [5, 5.41) is 2.91. The van der Waals surface area contributed by atoms with Gasteiger partial charge in [-0.3, -0.25) is 4.79 Å². The number of terminal acetylenes is 1. The number of amides is 1. The molecule has 5 heteroatoms. The topological polar surface area (TPSA) is 47.6 Å². The summed E-state index contributed by atoms with van der Waals surface area (Å²) in [4.78, 5) is 12.3. The molecule has 2 aromatic rings. The Morgan fingerprint density at radius 1 is 1.21 bits per heavy atom. The number of nitrogens with one attached hydrogen (secondary N) is 1. The van der Waals surface area contributed by atoms with Gasteiger partial charge >= 0.3 is 0 Å². The van der Waals surface area contributed by atoms with Gasteiger partial charge in [-0.2, -0.15) is 0 Å². The fourth-order valence-electron chi connectivity index (χ4n) is 2.10. The fraction of sp³-hybridized carbons (Fsp3) is 0.211. The van der Waals surface area contributed by atoms with Gasteiger partial charge in [-0.1, -0.05) is 18.1 Å². The molecule has 4 nitrogen and oxygen atoms in total. The molecule has 0 saturated carbocycles. The van der Waals surface area contributed by atoms with Crippen LogP contribution in [0.3, 0.4) is 0 Å². The summed E-state index contributed by atoms with van der Waals surface area (Å²) >= 11 is 3.38. The highest BCUT2D eigenvalue weighted by molar-refractivity contribution is 9.10. The van der Waals surface area contributed by atoms with E-state index >= 15 is 0 Å². The van der Waals surface area contributed by atoms with E-state index in [1.807, 2.05) is 24.3 Å². The Labute approximate surface area is 150 Å². The van der Waals surface area contributed by atoms with Crippen molar-refractivity contribution in [3.63, 3.8) is 0 Å². The van der Waals surface area contributed by atoms with Crippen LogP contribution >= 0.6 is 15.9 Å². The second-order valence-corrected chi connectivity index (χ2v) is 5.84. The maximum Gasteiger partial charge on any atom is 0.252 e. The summed E-state index contributed by atoms with van der Waals surface area (Å²) in [5.41, 5.74) is 1.65. The molecule has 0 radical (unpaired) electrons. The van der Waals surface area contributed by atoms with Crippen molar-refractivity contribution < 1.29 is 14.3 Å². The van der Waals surface area contributed by atoms with Crippen LogP contribution in [-0.2, 0) is 6.42 Å². The number of benzene rings is 2. The van der Waals surface area contributed by atoms with Crippen LogP contribution in [0.15, 0.2) is 46.9 Å². The highest BCUT2D eigenvalue weighted by Crippen LogP contribution is 2.22. The molecular formula is C19H18BrNO3. The SMILES string of the molecule is C#CCOc1ccc(CCNC(=O)c2cc(OC)ccc2Br)cc1. The Morgan fingerprint density at radius 3 is 2.58 bits per heavy atom. The lowest BCUT2D eigenvalue weighted by atomic mass is 10.1. The van der Waals surface area contributed by atoms with E-state index in [2.05, 4.69) is 27.2 Å². The molecule has 1 amide bonds. The summed E-state index contributed by atoms with van der Waals surface area (Å²) in [6.45, 7) is 0.790. The predicted octanol–water partition coefficient (Wildman–Crippen LogP) is 3.44. The molecule has 0 aliphatic rings. The van der Waals surface area contributed by atoms with Crippen LogP contribution in [0, 0.1) is 12.3 Å². The highest BCUT2D eigenvalue weighted by atomic mass is 79.9. The van der Waals surface area contributed by atoms with Gasteiger partial charge in [0.2, 0.25) is 0 Å². The first-order valence-corrected chi connectivity index (χ1v) is 8.20. The monoisotopic (exact) mass is 387 g/mol. The summed E-state index contributed by atoms with van der Waals surface area (Å²) in [6.07, 6.45) is 5.88. The molecule has 124 valence electrons. The first-order valence-electron chi connectivity index (χ1n) is 7.41. The summed E-state index contributed by atoms with van der Waals surface area (Å²) in [7, 11) is 1.57. The van der Waals surface area contributed by atoms with Crippen molar-refractivity contribution in [2.75, 3.05) is 20.3 Å². The van der Waals surface area contributed by atoms with Crippen LogP contribution in [0.1, 0.15) is 15.9 Å². The van der Waals surface area contributed by atoms with E-state index in [1.54, 1.807) is 25.3 Å². The van der Waals surface area contributed by atoms with Gasteiger partial charge in [0.25, 0.3) is 5.91 Å². The third-order valence-corrected chi connectivity index (χ3v) is 4.05. The zero-order chi connectivity index (χ0) is 17.4. The van der Waals surface area contributed by atoms with Crippen LogP contribution in [0.2, 0.25) is 0 Å². The van der Waals surface area contributed by atoms with Crippen molar-refractivity contribution in [1.29, 1.82) is 0 Å². The van der Waals surface area contributed by atoms with Gasteiger partial charge in [0.05, 0.1) is 12.7 Å². The average Bonchev–Trinajstić information content (AvgIpc) is 2.61. The van der Waals surface area contributed by atoms with Gasteiger partial charge in [0, 0.05) is 11.0 Å².